The van der Waals surface area contributed by atoms with E-state index in [4.69, 9.17) is 0 Å². The number of rotatable bonds is 3. The summed E-state index contributed by atoms with van der Waals surface area (Å²) in [6.45, 7) is 0. The molecule has 2 rings (SSSR count). The molecule has 0 aromatic carbocycles. The number of halogens is 1. The fourth-order valence-corrected chi connectivity index (χ4v) is 3.34. The molecule has 0 N–H and O–H groups in total. The lowest BCUT2D eigenvalue weighted by Crippen LogP contribution is -2.46. The second kappa shape index (κ2) is 3.28. The monoisotopic (exact) mass is 278 g/mol. The summed E-state index contributed by atoms with van der Waals surface area (Å²) in [5.74, 6) is 1.36. The summed E-state index contributed by atoms with van der Waals surface area (Å²) in [6.07, 6.45) is 7.15. The van der Waals surface area contributed by atoms with Crippen LogP contribution in [-0.2, 0) is 4.79 Å². The number of ketones is 1. The minimum absolute atomic E-state index is 0.200. The highest BCUT2D eigenvalue weighted by molar-refractivity contribution is 14.1. The quantitative estimate of drug-likeness (QED) is 0.573. The van der Waals surface area contributed by atoms with Gasteiger partial charge < -0.3 is 0 Å². The summed E-state index contributed by atoms with van der Waals surface area (Å²) >= 11 is 2.41. The molecule has 0 aliphatic heterocycles. The minimum Gasteiger partial charge on any atom is -0.299 e. The molecule has 0 spiro atoms. The van der Waals surface area contributed by atoms with E-state index in [1.54, 1.807) is 0 Å². The van der Waals surface area contributed by atoms with Gasteiger partial charge in [-0.25, -0.2) is 0 Å². The van der Waals surface area contributed by atoms with Crippen LogP contribution in [0.1, 0.15) is 38.5 Å². The van der Waals surface area contributed by atoms with Gasteiger partial charge in [0.05, 0.1) is 0 Å². The molecule has 0 aromatic heterocycles. The Balaban J connectivity index is 2.01. The Morgan fingerprint density at radius 3 is 3.00 bits per heavy atom. The van der Waals surface area contributed by atoms with Crippen molar-refractivity contribution >= 4 is 28.4 Å². The van der Waals surface area contributed by atoms with Crippen molar-refractivity contribution in [2.75, 3.05) is 4.43 Å². The van der Waals surface area contributed by atoms with E-state index < -0.39 is 0 Å². The summed E-state index contributed by atoms with van der Waals surface area (Å²) in [5, 5.41) is 0. The molecular formula is C10H15IO. The van der Waals surface area contributed by atoms with Crippen LogP contribution in [0.5, 0.6) is 0 Å². The van der Waals surface area contributed by atoms with E-state index in [0.29, 0.717) is 5.78 Å². The molecule has 2 atom stereocenters. The summed E-state index contributed by atoms with van der Waals surface area (Å²) in [5.41, 5.74) is 0.200. The van der Waals surface area contributed by atoms with Crippen LogP contribution < -0.4 is 0 Å². The number of hydrogen-bond donors (Lipinski definition) is 0. The van der Waals surface area contributed by atoms with Gasteiger partial charge in [0.25, 0.3) is 0 Å². The van der Waals surface area contributed by atoms with Crippen molar-refractivity contribution in [2.24, 2.45) is 11.3 Å². The van der Waals surface area contributed by atoms with Crippen molar-refractivity contribution in [1.29, 1.82) is 0 Å². The predicted octanol–water partition coefficient (Wildman–Crippen LogP) is 2.96. The number of carbonyl (C=O) groups excluding carboxylic acids is 1. The van der Waals surface area contributed by atoms with Crippen molar-refractivity contribution in [3.8, 4) is 0 Å². The van der Waals surface area contributed by atoms with E-state index in [9.17, 15) is 4.79 Å². The molecule has 2 heteroatoms. The maximum absolute atomic E-state index is 11.5. The lowest BCUT2D eigenvalue weighted by molar-refractivity contribution is -0.144. The first kappa shape index (κ1) is 8.97. The van der Waals surface area contributed by atoms with E-state index in [0.717, 1.165) is 12.3 Å². The first-order valence-corrected chi connectivity index (χ1v) is 6.41. The number of Topliss-reactive ketones (excluding diaryl/α,β-unsaturated/α-hetero) is 1. The third kappa shape index (κ3) is 1.14. The van der Waals surface area contributed by atoms with Gasteiger partial charge in [-0.15, -0.1) is 0 Å². The Labute approximate surface area is 87.4 Å². The molecule has 0 amide bonds. The smallest absolute Gasteiger partial charge is 0.139 e. The van der Waals surface area contributed by atoms with E-state index in [-0.39, 0.29) is 5.41 Å². The Morgan fingerprint density at radius 2 is 2.42 bits per heavy atom. The molecule has 2 fully saturated rings. The van der Waals surface area contributed by atoms with Crippen molar-refractivity contribution in [2.45, 2.75) is 38.5 Å². The Bertz CT molecular complexity index is 202. The molecule has 2 unspecified atom stereocenters. The average Bonchev–Trinajstić information content (AvgIpc) is 2.39. The lowest BCUT2D eigenvalue weighted by Gasteiger charge is -2.43. The molecule has 0 saturated heterocycles. The standard InChI is InChI=1S/C10H15IO/c11-6-2-5-10-4-1-3-8(10)7-9(10)12/h8H,1-7H2. The van der Waals surface area contributed by atoms with Crippen LogP contribution >= 0.6 is 22.6 Å². The van der Waals surface area contributed by atoms with Gasteiger partial charge in [0, 0.05) is 11.8 Å². The Kier molecular flexibility index (Phi) is 2.45. The Hall–Kier alpha value is 0.400. The molecule has 0 bridgehead atoms. The predicted molar refractivity (Wildman–Crippen MR) is 57.5 cm³/mol. The van der Waals surface area contributed by atoms with E-state index >= 15 is 0 Å². The zero-order valence-electron chi connectivity index (χ0n) is 7.31. The first-order chi connectivity index (χ1) is 5.79. The zero-order chi connectivity index (χ0) is 8.60. The summed E-state index contributed by atoms with van der Waals surface area (Å²) < 4.78 is 1.21. The second-order valence-electron chi connectivity index (χ2n) is 4.17. The maximum atomic E-state index is 11.5. The largest absolute Gasteiger partial charge is 0.299 e. The van der Waals surface area contributed by atoms with Gasteiger partial charge in [-0.3, -0.25) is 4.79 Å². The molecule has 68 valence electrons. The Morgan fingerprint density at radius 1 is 1.58 bits per heavy atom. The summed E-state index contributed by atoms with van der Waals surface area (Å²) in [6, 6.07) is 0. The van der Waals surface area contributed by atoms with Crippen molar-refractivity contribution in [1.82, 2.24) is 0 Å². The maximum Gasteiger partial charge on any atom is 0.139 e. The molecule has 1 nitrogen and oxygen atoms in total. The number of carbonyl (C=O) groups is 1. The van der Waals surface area contributed by atoms with Gasteiger partial charge >= 0.3 is 0 Å². The summed E-state index contributed by atoms with van der Waals surface area (Å²) in [4.78, 5) is 11.5. The van der Waals surface area contributed by atoms with Gasteiger partial charge in [0.2, 0.25) is 0 Å². The van der Waals surface area contributed by atoms with E-state index in [1.165, 1.54) is 36.5 Å². The molecule has 2 aliphatic carbocycles. The van der Waals surface area contributed by atoms with E-state index in [2.05, 4.69) is 22.6 Å². The number of hydrogen-bond acceptors (Lipinski definition) is 1. The number of fused-ring (bicyclic) bond motifs is 1. The highest BCUT2D eigenvalue weighted by Crippen LogP contribution is 2.57. The van der Waals surface area contributed by atoms with Crippen LogP contribution in [0.3, 0.4) is 0 Å². The third-order valence-corrected chi connectivity index (χ3v) is 4.46. The highest BCUT2D eigenvalue weighted by Gasteiger charge is 2.55. The van der Waals surface area contributed by atoms with Crippen molar-refractivity contribution in [3.05, 3.63) is 0 Å². The summed E-state index contributed by atoms with van der Waals surface area (Å²) in [7, 11) is 0. The molecule has 0 heterocycles. The van der Waals surface area contributed by atoms with Crippen LogP contribution in [-0.4, -0.2) is 10.2 Å². The minimum atomic E-state index is 0.200. The average molecular weight is 278 g/mol. The van der Waals surface area contributed by atoms with Crippen LogP contribution in [0, 0.1) is 11.3 Å². The van der Waals surface area contributed by atoms with E-state index in [1.807, 2.05) is 0 Å². The second-order valence-corrected chi connectivity index (χ2v) is 5.24. The van der Waals surface area contributed by atoms with Gasteiger partial charge in [-0.2, -0.15) is 0 Å². The van der Waals surface area contributed by atoms with Crippen LogP contribution in [0.2, 0.25) is 0 Å². The zero-order valence-corrected chi connectivity index (χ0v) is 9.47. The fourth-order valence-electron chi connectivity index (χ4n) is 2.96. The lowest BCUT2D eigenvalue weighted by atomic mass is 9.59. The molecule has 2 aliphatic rings. The van der Waals surface area contributed by atoms with Gasteiger partial charge in [-0.1, -0.05) is 29.0 Å². The fraction of sp³-hybridized carbons (Fsp3) is 0.900. The van der Waals surface area contributed by atoms with Crippen LogP contribution in [0.4, 0.5) is 0 Å². The SMILES string of the molecule is O=C1CC2CCCC12CCCI. The van der Waals surface area contributed by atoms with Crippen LogP contribution in [0.25, 0.3) is 0 Å². The molecule has 12 heavy (non-hydrogen) atoms. The molecular weight excluding hydrogens is 263 g/mol. The van der Waals surface area contributed by atoms with Crippen molar-refractivity contribution < 1.29 is 4.79 Å². The van der Waals surface area contributed by atoms with Crippen LogP contribution in [0.15, 0.2) is 0 Å². The molecule has 0 radical (unpaired) electrons. The number of alkyl halides is 1. The topological polar surface area (TPSA) is 17.1 Å². The molecule has 2 saturated carbocycles. The van der Waals surface area contributed by atoms with Gasteiger partial charge in [0.1, 0.15) is 5.78 Å². The van der Waals surface area contributed by atoms with Gasteiger partial charge in [-0.05, 0) is 36.0 Å². The third-order valence-electron chi connectivity index (χ3n) is 3.70. The molecule has 0 aromatic rings. The first-order valence-electron chi connectivity index (χ1n) is 4.89. The van der Waals surface area contributed by atoms with Crippen molar-refractivity contribution in [3.63, 3.8) is 0 Å². The normalized spacial score (nSPS) is 39.4. The highest BCUT2D eigenvalue weighted by atomic mass is 127. The van der Waals surface area contributed by atoms with Gasteiger partial charge in [0.15, 0.2) is 0 Å².